The number of halogens is 2. The molecule has 20 heavy (non-hydrogen) atoms. The van der Waals surface area contributed by atoms with Crippen LogP contribution >= 0.6 is 0 Å². The van der Waals surface area contributed by atoms with Crippen molar-refractivity contribution < 1.29 is 23.5 Å². The third-order valence-electron chi connectivity index (χ3n) is 2.80. The van der Waals surface area contributed by atoms with Crippen LogP contribution in [0.2, 0.25) is 0 Å². The fourth-order valence-corrected chi connectivity index (χ4v) is 1.72. The SMILES string of the molecule is CC(C)(C)C(NC(=O)Cc1cccc(F)c1F)C(=O)O. The van der Waals surface area contributed by atoms with Gasteiger partial charge in [0.2, 0.25) is 5.91 Å². The largest absolute Gasteiger partial charge is 0.480 e. The van der Waals surface area contributed by atoms with E-state index >= 15 is 0 Å². The van der Waals surface area contributed by atoms with E-state index in [4.69, 9.17) is 5.11 Å². The van der Waals surface area contributed by atoms with E-state index in [1.165, 1.54) is 12.1 Å². The number of hydrogen-bond acceptors (Lipinski definition) is 2. The zero-order valence-electron chi connectivity index (χ0n) is 11.5. The van der Waals surface area contributed by atoms with Crippen LogP contribution in [-0.2, 0) is 16.0 Å². The van der Waals surface area contributed by atoms with Gasteiger partial charge >= 0.3 is 5.97 Å². The Balaban J connectivity index is 2.82. The molecule has 6 heteroatoms. The third kappa shape index (κ3) is 4.01. The maximum Gasteiger partial charge on any atom is 0.326 e. The fraction of sp³-hybridized carbons (Fsp3) is 0.429. The van der Waals surface area contributed by atoms with Gasteiger partial charge in [-0.2, -0.15) is 0 Å². The number of nitrogens with one attached hydrogen (secondary N) is 1. The van der Waals surface area contributed by atoms with Crippen LogP contribution < -0.4 is 5.32 Å². The molecule has 1 aromatic carbocycles. The van der Waals surface area contributed by atoms with Gasteiger partial charge in [-0.1, -0.05) is 32.9 Å². The lowest BCUT2D eigenvalue weighted by Gasteiger charge is -2.27. The molecular weight excluding hydrogens is 268 g/mol. The molecule has 1 aromatic rings. The first-order valence-electron chi connectivity index (χ1n) is 6.08. The second-order valence-electron chi connectivity index (χ2n) is 5.59. The van der Waals surface area contributed by atoms with Gasteiger partial charge in [-0.25, -0.2) is 13.6 Å². The Labute approximate surface area is 115 Å². The van der Waals surface area contributed by atoms with Crippen LogP contribution in [0.5, 0.6) is 0 Å². The van der Waals surface area contributed by atoms with Crippen LogP contribution in [0.25, 0.3) is 0 Å². The first-order chi connectivity index (χ1) is 9.12. The molecule has 0 aromatic heterocycles. The zero-order valence-corrected chi connectivity index (χ0v) is 11.5. The molecule has 0 aliphatic heterocycles. The van der Waals surface area contributed by atoms with E-state index in [9.17, 15) is 18.4 Å². The van der Waals surface area contributed by atoms with Gasteiger partial charge < -0.3 is 10.4 Å². The number of carbonyl (C=O) groups excluding carboxylic acids is 1. The van der Waals surface area contributed by atoms with Gasteiger partial charge in [-0.15, -0.1) is 0 Å². The summed E-state index contributed by atoms with van der Waals surface area (Å²) >= 11 is 0. The van der Waals surface area contributed by atoms with Gasteiger partial charge in [-0.3, -0.25) is 4.79 Å². The second kappa shape index (κ2) is 5.98. The van der Waals surface area contributed by atoms with Gasteiger partial charge in [0.25, 0.3) is 0 Å². The summed E-state index contributed by atoms with van der Waals surface area (Å²) < 4.78 is 26.4. The molecule has 0 aliphatic rings. The van der Waals surface area contributed by atoms with Gasteiger partial charge in [0.15, 0.2) is 11.6 Å². The topological polar surface area (TPSA) is 66.4 Å². The lowest BCUT2D eigenvalue weighted by molar-refractivity contribution is -0.144. The van der Waals surface area contributed by atoms with Crippen molar-refractivity contribution in [3.05, 3.63) is 35.4 Å². The van der Waals surface area contributed by atoms with Crippen molar-refractivity contribution in [2.75, 3.05) is 0 Å². The summed E-state index contributed by atoms with van der Waals surface area (Å²) in [7, 11) is 0. The van der Waals surface area contributed by atoms with E-state index in [0.717, 1.165) is 6.07 Å². The summed E-state index contributed by atoms with van der Waals surface area (Å²) in [6, 6.07) is 2.42. The number of aliphatic carboxylic acids is 1. The molecule has 0 fully saturated rings. The average molecular weight is 285 g/mol. The Morgan fingerprint density at radius 2 is 1.90 bits per heavy atom. The predicted molar refractivity (Wildman–Crippen MR) is 69.1 cm³/mol. The Bertz CT molecular complexity index is 524. The summed E-state index contributed by atoms with van der Waals surface area (Å²) in [6.45, 7) is 4.98. The second-order valence-corrected chi connectivity index (χ2v) is 5.59. The van der Waals surface area contributed by atoms with Crippen LogP contribution in [0, 0.1) is 17.0 Å². The Kier molecular flexibility index (Phi) is 4.81. The third-order valence-corrected chi connectivity index (χ3v) is 2.80. The van der Waals surface area contributed by atoms with E-state index < -0.39 is 41.4 Å². The monoisotopic (exact) mass is 285 g/mol. The molecule has 0 saturated heterocycles. The molecular formula is C14H17F2NO3. The highest BCUT2D eigenvalue weighted by molar-refractivity contribution is 5.85. The minimum absolute atomic E-state index is 0.111. The smallest absolute Gasteiger partial charge is 0.326 e. The lowest BCUT2D eigenvalue weighted by atomic mass is 9.86. The Morgan fingerprint density at radius 3 is 2.40 bits per heavy atom. The number of rotatable bonds is 4. The Hall–Kier alpha value is -1.98. The number of benzene rings is 1. The number of hydrogen-bond donors (Lipinski definition) is 2. The van der Waals surface area contributed by atoms with E-state index in [2.05, 4.69) is 5.32 Å². The van der Waals surface area contributed by atoms with Crippen LogP contribution in [0.3, 0.4) is 0 Å². The van der Waals surface area contributed by atoms with Crippen LogP contribution in [0.15, 0.2) is 18.2 Å². The number of amides is 1. The fourth-order valence-electron chi connectivity index (χ4n) is 1.72. The molecule has 1 unspecified atom stereocenters. The minimum atomic E-state index is -1.18. The molecule has 1 rings (SSSR count). The molecule has 110 valence electrons. The first kappa shape index (κ1) is 16.1. The van der Waals surface area contributed by atoms with Crippen LogP contribution in [0.1, 0.15) is 26.3 Å². The highest BCUT2D eigenvalue weighted by Gasteiger charge is 2.32. The number of carboxylic acid groups (broad SMARTS) is 1. The van der Waals surface area contributed by atoms with Crippen molar-refractivity contribution in [1.82, 2.24) is 5.32 Å². The standard InChI is InChI=1S/C14H17F2NO3/c1-14(2,3)12(13(19)20)17-10(18)7-8-5-4-6-9(15)11(8)16/h4-6,12H,7H2,1-3H3,(H,17,18)(H,19,20). The summed E-state index contributed by atoms with van der Waals surface area (Å²) in [5.74, 6) is -3.98. The Morgan fingerprint density at radius 1 is 1.30 bits per heavy atom. The minimum Gasteiger partial charge on any atom is -0.480 e. The van der Waals surface area contributed by atoms with Gasteiger partial charge in [0, 0.05) is 5.56 Å². The molecule has 0 radical (unpaired) electrons. The molecule has 0 heterocycles. The maximum absolute atomic E-state index is 13.4. The van der Waals surface area contributed by atoms with E-state index in [0.29, 0.717) is 0 Å². The van der Waals surface area contributed by atoms with E-state index in [-0.39, 0.29) is 5.56 Å². The molecule has 0 spiro atoms. The van der Waals surface area contributed by atoms with Crippen molar-refractivity contribution in [2.45, 2.75) is 33.2 Å². The van der Waals surface area contributed by atoms with Crippen LogP contribution in [0.4, 0.5) is 8.78 Å². The average Bonchev–Trinajstić information content (AvgIpc) is 2.30. The van der Waals surface area contributed by atoms with E-state index in [1.807, 2.05) is 0 Å². The predicted octanol–water partition coefficient (Wildman–Crippen LogP) is 2.12. The molecule has 1 amide bonds. The summed E-state index contributed by atoms with van der Waals surface area (Å²) in [4.78, 5) is 22.9. The quantitative estimate of drug-likeness (QED) is 0.890. The normalized spacial score (nSPS) is 12.8. The maximum atomic E-state index is 13.4. The lowest BCUT2D eigenvalue weighted by Crippen LogP contribution is -2.49. The van der Waals surface area contributed by atoms with Crippen molar-refractivity contribution in [1.29, 1.82) is 0 Å². The molecule has 0 bridgehead atoms. The van der Waals surface area contributed by atoms with E-state index in [1.54, 1.807) is 20.8 Å². The zero-order chi connectivity index (χ0) is 15.5. The number of carbonyl (C=O) groups is 2. The van der Waals surface area contributed by atoms with Crippen LogP contribution in [-0.4, -0.2) is 23.0 Å². The van der Waals surface area contributed by atoms with Crippen molar-refractivity contribution in [3.8, 4) is 0 Å². The summed E-state index contributed by atoms with van der Waals surface area (Å²) in [5.41, 5.74) is -0.803. The number of carboxylic acids is 1. The summed E-state index contributed by atoms with van der Waals surface area (Å²) in [6.07, 6.45) is -0.413. The van der Waals surface area contributed by atoms with Gasteiger partial charge in [-0.05, 0) is 11.5 Å². The first-order valence-corrected chi connectivity index (χ1v) is 6.08. The highest BCUT2D eigenvalue weighted by Crippen LogP contribution is 2.20. The van der Waals surface area contributed by atoms with Crippen molar-refractivity contribution >= 4 is 11.9 Å². The molecule has 0 aliphatic carbocycles. The summed E-state index contributed by atoms with van der Waals surface area (Å²) in [5, 5.41) is 11.4. The molecule has 0 saturated carbocycles. The highest BCUT2D eigenvalue weighted by atomic mass is 19.2. The molecule has 1 atom stereocenters. The van der Waals surface area contributed by atoms with Crippen molar-refractivity contribution in [2.24, 2.45) is 5.41 Å². The molecule has 4 nitrogen and oxygen atoms in total. The van der Waals surface area contributed by atoms with Gasteiger partial charge in [0.05, 0.1) is 6.42 Å². The van der Waals surface area contributed by atoms with Crippen molar-refractivity contribution in [3.63, 3.8) is 0 Å². The van der Waals surface area contributed by atoms with Gasteiger partial charge in [0.1, 0.15) is 6.04 Å². The molecule has 2 N–H and O–H groups in total.